The van der Waals surface area contributed by atoms with E-state index in [4.69, 9.17) is 14.2 Å². The lowest BCUT2D eigenvalue weighted by Crippen LogP contribution is -2.30. The third-order valence-electron chi connectivity index (χ3n) is 15.7. The van der Waals surface area contributed by atoms with E-state index in [0.717, 1.165) is 63.7 Å². The maximum atomic E-state index is 12.9. The van der Waals surface area contributed by atoms with Crippen molar-refractivity contribution in [2.45, 2.75) is 387 Å². The summed E-state index contributed by atoms with van der Waals surface area (Å²) in [6, 6.07) is 0. The van der Waals surface area contributed by atoms with Crippen molar-refractivity contribution in [2.75, 3.05) is 13.2 Å². The van der Waals surface area contributed by atoms with Crippen LogP contribution in [0.1, 0.15) is 381 Å². The highest BCUT2D eigenvalue weighted by Gasteiger charge is 2.19. The van der Waals surface area contributed by atoms with Gasteiger partial charge in [-0.1, -0.05) is 342 Å². The molecule has 6 heteroatoms. The third-order valence-corrected chi connectivity index (χ3v) is 15.7. The summed E-state index contributed by atoms with van der Waals surface area (Å²) in [5.74, 6) is 0.0850. The largest absolute Gasteiger partial charge is 0.462 e. The number of hydrogen-bond acceptors (Lipinski definition) is 6. The molecule has 72 heavy (non-hydrogen) atoms. The van der Waals surface area contributed by atoms with Crippen molar-refractivity contribution in [1.82, 2.24) is 0 Å². The number of esters is 3. The Balaban J connectivity index is 4.25. The van der Waals surface area contributed by atoms with Crippen LogP contribution in [0.5, 0.6) is 0 Å². The zero-order valence-electron chi connectivity index (χ0n) is 49.4. The third kappa shape index (κ3) is 57.7. The van der Waals surface area contributed by atoms with Crippen molar-refractivity contribution in [2.24, 2.45) is 5.92 Å². The molecule has 0 aromatic heterocycles. The fourth-order valence-electron chi connectivity index (χ4n) is 10.3. The predicted molar refractivity (Wildman–Crippen MR) is 312 cm³/mol. The fraction of sp³-hybridized carbons (Fsp3) is 0.955. The van der Waals surface area contributed by atoms with Gasteiger partial charge in [-0.25, -0.2) is 0 Å². The fourth-order valence-corrected chi connectivity index (χ4v) is 10.3. The minimum atomic E-state index is -0.763. The Labute approximate surface area is 450 Å². The van der Waals surface area contributed by atoms with Crippen LogP contribution in [0.25, 0.3) is 0 Å². The number of carbonyl (C=O) groups is 3. The maximum absolute atomic E-state index is 12.9. The van der Waals surface area contributed by atoms with Gasteiger partial charge in [0.05, 0.1) is 0 Å². The first-order valence-corrected chi connectivity index (χ1v) is 32.9. The maximum Gasteiger partial charge on any atom is 0.306 e. The van der Waals surface area contributed by atoms with Gasteiger partial charge in [0.2, 0.25) is 0 Å². The highest BCUT2D eigenvalue weighted by molar-refractivity contribution is 5.71. The lowest BCUT2D eigenvalue weighted by molar-refractivity contribution is -0.167. The Morgan fingerprint density at radius 2 is 0.486 bits per heavy atom. The van der Waals surface area contributed by atoms with Crippen LogP contribution < -0.4 is 0 Å². The first-order chi connectivity index (χ1) is 35.4. The number of hydrogen-bond donors (Lipinski definition) is 0. The Morgan fingerprint density at radius 3 is 0.722 bits per heavy atom. The smallest absolute Gasteiger partial charge is 0.306 e. The van der Waals surface area contributed by atoms with Gasteiger partial charge in [0.25, 0.3) is 0 Å². The van der Waals surface area contributed by atoms with Crippen molar-refractivity contribution in [3.63, 3.8) is 0 Å². The summed E-state index contributed by atoms with van der Waals surface area (Å²) in [6.07, 6.45) is 68.1. The highest BCUT2D eigenvalue weighted by Crippen LogP contribution is 2.19. The molecule has 0 aromatic carbocycles. The average Bonchev–Trinajstić information content (AvgIpc) is 3.38. The van der Waals surface area contributed by atoms with E-state index in [1.54, 1.807) is 0 Å². The van der Waals surface area contributed by atoms with Gasteiger partial charge in [-0.2, -0.15) is 0 Å². The summed E-state index contributed by atoms with van der Waals surface area (Å²) in [4.78, 5) is 38.3. The molecule has 0 saturated heterocycles. The predicted octanol–water partition coefficient (Wildman–Crippen LogP) is 22.1. The van der Waals surface area contributed by atoms with E-state index < -0.39 is 6.10 Å². The number of ether oxygens (including phenoxy) is 3. The van der Waals surface area contributed by atoms with E-state index in [0.29, 0.717) is 19.3 Å². The topological polar surface area (TPSA) is 78.9 Å². The van der Waals surface area contributed by atoms with Crippen LogP contribution in [-0.2, 0) is 28.6 Å². The van der Waals surface area contributed by atoms with Crippen LogP contribution in [0.15, 0.2) is 0 Å². The van der Waals surface area contributed by atoms with Gasteiger partial charge in [0.1, 0.15) is 13.2 Å². The van der Waals surface area contributed by atoms with Gasteiger partial charge in [-0.15, -0.1) is 0 Å². The van der Waals surface area contributed by atoms with E-state index in [1.165, 1.54) is 276 Å². The normalized spacial score (nSPS) is 12.3. The van der Waals surface area contributed by atoms with Crippen LogP contribution in [0.2, 0.25) is 0 Å². The molecule has 0 N–H and O–H groups in total. The minimum absolute atomic E-state index is 0.0609. The van der Waals surface area contributed by atoms with Crippen LogP contribution in [0, 0.1) is 5.92 Å². The first kappa shape index (κ1) is 70.4. The summed E-state index contributed by atoms with van der Waals surface area (Å²) in [5, 5.41) is 0. The summed E-state index contributed by atoms with van der Waals surface area (Å²) < 4.78 is 17.0. The summed E-state index contributed by atoms with van der Waals surface area (Å²) in [5.41, 5.74) is 0. The van der Waals surface area contributed by atoms with Crippen LogP contribution >= 0.6 is 0 Å². The molecule has 6 nitrogen and oxygen atoms in total. The number of unbranched alkanes of at least 4 members (excludes halogenated alkanes) is 47. The Bertz CT molecular complexity index is 1090. The number of carbonyl (C=O) groups excluding carboxylic acids is 3. The summed E-state index contributed by atoms with van der Waals surface area (Å²) >= 11 is 0. The van der Waals surface area contributed by atoms with Crippen LogP contribution in [-0.4, -0.2) is 37.2 Å². The van der Waals surface area contributed by atoms with E-state index in [1.807, 2.05) is 0 Å². The van der Waals surface area contributed by atoms with Crippen molar-refractivity contribution in [3.05, 3.63) is 0 Å². The molecule has 0 saturated carbocycles. The highest BCUT2D eigenvalue weighted by atomic mass is 16.6. The second-order valence-electron chi connectivity index (χ2n) is 23.0. The first-order valence-electron chi connectivity index (χ1n) is 32.9. The van der Waals surface area contributed by atoms with Crippen molar-refractivity contribution in [3.8, 4) is 0 Å². The van der Waals surface area contributed by atoms with E-state index in [9.17, 15) is 14.4 Å². The van der Waals surface area contributed by atoms with E-state index in [-0.39, 0.29) is 31.1 Å². The minimum Gasteiger partial charge on any atom is -0.462 e. The number of rotatable bonds is 61. The van der Waals surface area contributed by atoms with Crippen LogP contribution in [0.3, 0.4) is 0 Å². The van der Waals surface area contributed by atoms with E-state index in [2.05, 4.69) is 27.7 Å². The van der Waals surface area contributed by atoms with Crippen molar-refractivity contribution in [1.29, 1.82) is 0 Å². The second-order valence-corrected chi connectivity index (χ2v) is 23.0. The standard InChI is InChI=1S/C66H128O6/c1-5-8-10-12-14-16-18-20-22-25-31-35-39-43-47-51-55-59-66(69)72-63(60-70-64(67)57-53-49-45-41-37-33-28-21-19-17-15-13-11-9-6-2)61-71-65(68)58-54-50-46-42-38-34-30-27-24-23-26-29-32-36-40-44-48-52-56-62(4)7-3/h62-63H,5-61H2,1-4H3/t62?,63-/m0/s1. The summed E-state index contributed by atoms with van der Waals surface area (Å²) in [7, 11) is 0. The van der Waals surface area contributed by atoms with Gasteiger partial charge in [-0.3, -0.25) is 14.4 Å². The molecule has 0 aliphatic heterocycles. The van der Waals surface area contributed by atoms with E-state index >= 15 is 0 Å². The average molecular weight is 1020 g/mol. The molecule has 0 aliphatic carbocycles. The Kier molecular flexibility index (Phi) is 58.9. The lowest BCUT2D eigenvalue weighted by atomic mass is 9.99. The molecular formula is C66H128O6. The van der Waals surface area contributed by atoms with Crippen molar-refractivity contribution >= 4 is 17.9 Å². The molecule has 0 rings (SSSR count). The molecule has 428 valence electrons. The quantitative estimate of drug-likeness (QED) is 0.0343. The molecule has 1 unspecified atom stereocenters. The zero-order valence-corrected chi connectivity index (χ0v) is 49.4. The molecule has 0 radical (unpaired) electrons. The molecule has 0 heterocycles. The molecule has 2 atom stereocenters. The SMILES string of the molecule is CCCCCCCCCCCCCCCCCCCC(=O)O[C@@H](COC(=O)CCCCCCCCCCCCCCCCC)COC(=O)CCCCCCCCCCCCCCCCCCCCC(C)CC. The molecular weight excluding hydrogens is 889 g/mol. The van der Waals surface area contributed by atoms with Crippen LogP contribution in [0.4, 0.5) is 0 Å². The van der Waals surface area contributed by atoms with Gasteiger partial charge in [0, 0.05) is 19.3 Å². The molecule has 0 amide bonds. The van der Waals surface area contributed by atoms with Gasteiger partial charge >= 0.3 is 17.9 Å². The van der Waals surface area contributed by atoms with Gasteiger partial charge in [-0.05, 0) is 25.2 Å². The van der Waals surface area contributed by atoms with Crippen molar-refractivity contribution < 1.29 is 28.6 Å². The summed E-state index contributed by atoms with van der Waals surface area (Å²) in [6.45, 7) is 9.14. The van der Waals surface area contributed by atoms with Gasteiger partial charge < -0.3 is 14.2 Å². The second kappa shape index (κ2) is 60.3. The Hall–Kier alpha value is -1.59. The Morgan fingerprint density at radius 1 is 0.278 bits per heavy atom. The molecule has 0 spiro atoms. The van der Waals surface area contributed by atoms with Gasteiger partial charge in [0.15, 0.2) is 6.10 Å². The molecule has 0 aromatic rings. The zero-order chi connectivity index (χ0) is 52.3. The molecule has 0 aliphatic rings. The monoisotopic (exact) mass is 1020 g/mol. The lowest BCUT2D eigenvalue weighted by Gasteiger charge is -2.18. The molecule has 0 bridgehead atoms. The molecule has 0 fully saturated rings.